The summed E-state index contributed by atoms with van der Waals surface area (Å²) in [7, 11) is 0. The lowest BCUT2D eigenvalue weighted by Crippen LogP contribution is -2.55. The Bertz CT molecular complexity index is 1070. The Labute approximate surface area is 166 Å². The van der Waals surface area contributed by atoms with Gasteiger partial charge in [0.25, 0.3) is 5.91 Å². The van der Waals surface area contributed by atoms with Gasteiger partial charge in [0.05, 0.1) is 15.9 Å². The predicted molar refractivity (Wildman–Crippen MR) is 111 cm³/mol. The molecule has 0 aliphatic carbocycles. The van der Waals surface area contributed by atoms with Crippen LogP contribution in [0.15, 0.2) is 48.5 Å². The minimum atomic E-state index is -0.809. The third-order valence-electron chi connectivity index (χ3n) is 5.60. The number of nitrogens with zero attached hydrogens (tertiary/aromatic N) is 3. The van der Waals surface area contributed by atoms with Gasteiger partial charge >= 0.3 is 6.03 Å². The molecule has 2 fully saturated rings. The van der Waals surface area contributed by atoms with Gasteiger partial charge in [-0.15, -0.1) is 0 Å². The van der Waals surface area contributed by atoms with E-state index < -0.39 is 5.54 Å². The van der Waals surface area contributed by atoms with Crippen molar-refractivity contribution in [1.82, 2.24) is 10.3 Å². The van der Waals surface area contributed by atoms with E-state index in [1.807, 2.05) is 18.2 Å². The molecule has 0 bridgehead atoms. The number of amides is 3. The number of hydrogen-bond acceptors (Lipinski definition) is 5. The largest absolute Gasteiger partial charge is 0.348 e. The molecule has 142 valence electrons. The average molecular weight is 392 g/mol. The van der Waals surface area contributed by atoms with Crippen molar-refractivity contribution in [3.05, 3.63) is 54.1 Å². The summed E-state index contributed by atoms with van der Waals surface area (Å²) >= 11 is 1.68. The summed E-state index contributed by atoms with van der Waals surface area (Å²) in [6.45, 7) is 3.46. The molecule has 1 N–H and O–H groups in total. The Morgan fingerprint density at radius 3 is 2.57 bits per heavy atom. The molecule has 2 aromatic carbocycles. The van der Waals surface area contributed by atoms with Crippen molar-refractivity contribution >= 4 is 44.3 Å². The Morgan fingerprint density at radius 1 is 1.07 bits per heavy atom. The first-order chi connectivity index (χ1) is 13.6. The summed E-state index contributed by atoms with van der Waals surface area (Å²) in [5.74, 6) is -0.150. The first kappa shape index (κ1) is 17.2. The number of carbonyl (C=O) groups is 2. The Morgan fingerprint density at radius 2 is 1.82 bits per heavy atom. The summed E-state index contributed by atoms with van der Waals surface area (Å²) in [5.41, 5.74) is 2.04. The van der Waals surface area contributed by atoms with E-state index in [0.29, 0.717) is 31.6 Å². The van der Waals surface area contributed by atoms with Crippen LogP contribution >= 0.6 is 11.3 Å². The average Bonchev–Trinajstić information content (AvgIpc) is 3.22. The molecule has 0 atom stereocenters. The number of imide groups is 1. The molecule has 28 heavy (non-hydrogen) atoms. The topological polar surface area (TPSA) is 65.5 Å². The number of rotatable bonds is 2. The highest BCUT2D eigenvalue weighted by Crippen LogP contribution is 2.36. The summed E-state index contributed by atoms with van der Waals surface area (Å²) in [4.78, 5) is 33.9. The van der Waals surface area contributed by atoms with E-state index in [1.165, 1.54) is 15.2 Å². The fourth-order valence-corrected chi connectivity index (χ4v) is 5.12. The monoisotopic (exact) mass is 392 g/mol. The number of carbonyl (C=O) groups excluding carboxylic acids is 2. The molecule has 2 aliphatic rings. The number of hydrogen-bond donors (Lipinski definition) is 1. The maximum Gasteiger partial charge on any atom is 0.329 e. The molecule has 3 heterocycles. The zero-order valence-corrected chi connectivity index (χ0v) is 16.3. The molecule has 0 saturated carbocycles. The third-order valence-corrected chi connectivity index (χ3v) is 6.68. The number of urea groups is 1. The van der Waals surface area contributed by atoms with Crippen molar-refractivity contribution in [3.63, 3.8) is 0 Å². The van der Waals surface area contributed by atoms with E-state index in [1.54, 1.807) is 23.5 Å². The lowest BCUT2D eigenvalue weighted by Gasteiger charge is -2.37. The molecule has 2 aliphatic heterocycles. The van der Waals surface area contributed by atoms with Crippen LogP contribution in [0.5, 0.6) is 0 Å². The third kappa shape index (κ3) is 2.65. The van der Waals surface area contributed by atoms with Crippen LogP contribution in [-0.4, -0.2) is 35.6 Å². The molecule has 0 radical (unpaired) electrons. The van der Waals surface area contributed by atoms with Gasteiger partial charge in [-0.3, -0.25) is 4.79 Å². The fourth-order valence-electron chi connectivity index (χ4n) is 4.01. The highest BCUT2D eigenvalue weighted by atomic mass is 32.1. The number of aryl methyl sites for hydroxylation is 1. The van der Waals surface area contributed by atoms with E-state index in [0.717, 1.165) is 10.6 Å². The van der Waals surface area contributed by atoms with Gasteiger partial charge in [0.1, 0.15) is 5.54 Å². The van der Waals surface area contributed by atoms with Crippen molar-refractivity contribution in [1.29, 1.82) is 0 Å². The van der Waals surface area contributed by atoms with Gasteiger partial charge < -0.3 is 10.2 Å². The standard InChI is InChI=1S/C21H20N4O2S/c1-14-7-8-16-17(13-14)28-20(22-16)24-11-9-21(10-12-24)18(26)25(19(27)23-21)15-5-3-2-4-6-15/h2-8,13H,9-12H2,1H3,(H,23,27). The second-order valence-electron chi connectivity index (χ2n) is 7.44. The maximum absolute atomic E-state index is 13.1. The summed E-state index contributed by atoms with van der Waals surface area (Å²) in [6.07, 6.45) is 1.16. The van der Waals surface area contributed by atoms with Crippen LogP contribution in [0, 0.1) is 6.92 Å². The zero-order chi connectivity index (χ0) is 19.3. The number of aromatic nitrogens is 1. The summed E-state index contributed by atoms with van der Waals surface area (Å²) < 4.78 is 1.18. The Balaban J connectivity index is 1.36. The smallest absolute Gasteiger partial charge is 0.329 e. The Kier molecular flexibility index (Phi) is 3.87. The van der Waals surface area contributed by atoms with E-state index in [2.05, 4.69) is 35.3 Å². The van der Waals surface area contributed by atoms with Crippen LogP contribution in [-0.2, 0) is 4.79 Å². The molecule has 2 saturated heterocycles. The van der Waals surface area contributed by atoms with Crippen LogP contribution in [0.25, 0.3) is 10.2 Å². The predicted octanol–water partition coefficient (Wildman–Crippen LogP) is 3.70. The highest BCUT2D eigenvalue weighted by molar-refractivity contribution is 7.22. The molecule has 0 unspecified atom stereocenters. The van der Waals surface area contributed by atoms with Crippen molar-refractivity contribution in [2.45, 2.75) is 25.3 Å². The van der Waals surface area contributed by atoms with E-state index >= 15 is 0 Å². The van der Waals surface area contributed by atoms with E-state index in [-0.39, 0.29) is 11.9 Å². The van der Waals surface area contributed by atoms with Gasteiger partial charge in [0.2, 0.25) is 0 Å². The minimum Gasteiger partial charge on any atom is -0.348 e. The second-order valence-corrected chi connectivity index (χ2v) is 8.45. The zero-order valence-electron chi connectivity index (χ0n) is 15.5. The van der Waals surface area contributed by atoms with Crippen molar-refractivity contribution < 1.29 is 9.59 Å². The molecule has 3 amide bonds. The van der Waals surface area contributed by atoms with Crippen LogP contribution in [0.1, 0.15) is 18.4 Å². The summed E-state index contributed by atoms with van der Waals surface area (Å²) in [5, 5.41) is 3.95. The van der Waals surface area contributed by atoms with Crippen molar-refractivity contribution in [2.24, 2.45) is 0 Å². The highest BCUT2D eigenvalue weighted by Gasteiger charge is 2.53. The van der Waals surface area contributed by atoms with Gasteiger partial charge in [-0.25, -0.2) is 14.7 Å². The van der Waals surface area contributed by atoms with Crippen LogP contribution in [0.4, 0.5) is 15.6 Å². The fraction of sp³-hybridized carbons (Fsp3) is 0.286. The second kappa shape index (κ2) is 6.31. The first-order valence-electron chi connectivity index (χ1n) is 9.40. The molecular formula is C21H20N4O2S. The number of fused-ring (bicyclic) bond motifs is 1. The van der Waals surface area contributed by atoms with Gasteiger partial charge in [-0.05, 0) is 49.6 Å². The maximum atomic E-state index is 13.1. The van der Waals surface area contributed by atoms with E-state index in [9.17, 15) is 9.59 Å². The molecule has 1 aromatic heterocycles. The summed E-state index contributed by atoms with van der Waals surface area (Å²) in [6, 6.07) is 15.0. The number of para-hydroxylation sites is 1. The SMILES string of the molecule is Cc1ccc2nc(N3CCC4(CC3)NC(=O)N(c3ccccc3)C4=O)sc2c1. The van der Waals surface area contributed by atoms with Gasteiger partial charge in [0.15, 0.2) is 5.13 Å². The number of piperidine rings is 1. The van der Waals surface area contributed by atoms with Crippen LogP contribution in [0.2, 0.25) is 0 Å². The number of anilines is 2. The van der Waals surface area contributed by atoms with Gasteiger partial charge in [0, 0.05) is 13.1 Å². The molecule has 7 heteroatoms. The molecule has 1 spiro atoms. The quantitative estimate of drug-likeness (QED) is 0.676. The van der Waals surface area contributed by atoms with Gasteiger partial charge in [-0.1, -0.05) is 35.6 Å². The van der Waals surface area contributed by atoms with Crippen molar-refractivity contribution in [2.75, 3.05) is 22.9 Å². The molecule has 6 nitrogen and oxygen atoms in total. The minimum absolute atomic E-state index is 0.150. The lowest BCUT2D eigenvalue weighted by atomic mass is 9.87. The normalized spacial score (nSPS) is 18.9. The number of thiazole rings is 1. The van der Waals surface area contributed by atoms with Crippen molar-refractivity contribution in [3.8, 4) is 0 Å². The number of nitrogens with one attached hydrogen (secondary N) is 1. The molecular weight excluding hydrogens is 372 g/mol. The van der Waals surface area contributed by atoms with E-state index in [4.69, 9.17) is 4.98 Å². The van der Waals surface area contributed by atoms with Crippen LogP contribution < -0.4 is 15.1 Å². The lowest BCUT2D eigenvalue weighted by molar-refractivity contribution is -0.122. The number of benzene rings is 2. The van der Waals surface area contributed by atoms with Crippen LogP contribution in [0.3, 0.4) is 0 Å². The molecule has 5 rings (SSSR count). The molecule has 3 aromatic rings. The first-order valence-corrected chi connectivity index (χ1v) is 10.2. The van der Waals surface area contributed by atoms with Gasteiger partial charge in [-0.2, -0.15) is 0 Å². The Hall–Kier alpha value is -2.93.